The minimum absolute atomic E-state index is 0.174. The third-order valence-electron chi connectivity index (χ3n) is 3.35. The number of carbonyl (C=O) groups excluding carboxylic acids is 1. The summed E-state index contributed by atoms with van der Waals surface area (Å²) in [6, 6.07) is 3.94. The summed E-state index contributed by atoms with van der Waals surface area (Å²) in [7, 11) is 1.42. The highest BCUT2D eigenvalue weighted by Gasteiger charge is 2.20. The van der Waals surface area contributed by atoms with Gasteiger partial charge in [-0.05, 0) is 25.0 Å². The second-order valence-electron chi connectivity index (χ2n) is 4.90. The molecule has 6 heteroatoms. The molecule has 0 spiro atoms. The van der Waals surface area contributed by atoms with E-state index in [-0.39, 0.29) is 12.1 Å². The maximum Gasteiger partial charge on any atom is 0.306 e. The molecule has 1 aromatic heterocycles. The predicted octanol–water partition coefficient (Wildman–Crippen LogP) is 2.95. The highest BCUT2D eigenvalue weighted by molar-refractivity contribution is 7.16. The first-order chi connectivity index (χ1) is 9.67. The Balaban J connectivity index is 1.89. The molecule has 1 atom stereocenters. The summed E-state index contributed by atoms with van der Waals surface area (Å²) in [6.45, 7) is 3.18. The number of methoxy groups -OCH3 is 1. The monoisotopic (exact) mass is 317 g/mol. The van der Waals surface area contributed by atoms with Gasteiger partial charge in [-0.25, -0.2) is 0 Å². The van der Waals surface area contributed by atoms with Crippen molar-refractivity contribution in [3.05, 3.63) is 21.3 Å². The Bertz CT molecular complexity index is 432. The Labute approximate surface area is 128 Å². The number of ether oxygens (including phenoxy) is 2. The van der Waals surface area contributed by atoms with E-state index in [0.717, 1.165) is 36.9 Å². The molecule has 1 saturated heterocycles. The predicted molar refractivity (Wildman–Crippen MR) is 80.2 cm³/mol. The summed E-state index contributed by atoms with van der Waals surface area (Å²) in [5, 5.41) is 0. The zero-order valence-corrected chi connectivity index (χ0v) is 13.2. The maximum atomic E-state index is 11.3. The smallest absolute Gasteiger partial charge is 0.306 e. The Hall–Kier alpha value is -0.620. The minimum Gasteiger partial charge on any atom is -0.469 e. The van der Waals surface area contributed by atoms with Crippen LogP contribution in [-0.4, -0.2) is 43.8 Å². The number of hydrogen-bond acceptors (Lipinski definition) is 5. The molecule has 2 rings (SSSR count). The lowest BCUT2D eigenvalue weighted by Crippen LogP contribution is -2.33. The number of halogens is 1. The molecule has 0 aliphatic carbocycles. The fourth-order valence-corrected chi connectivity index (χ4v) is 3.45. The number of esters is 1. The zero-order chi connectivity index (χ0) is 14.4. The lowest BCUT2D eigenvalue weighted by atomic mass is 10.2. The van der Waals surface area contributed by atoms with Crippen molar-refractivity contribution in [1.29, 1.82) is 0 Å². The first-order valence-electron chi connectivity index (χ1n) is 6.82. The van der Waals surface area contributed by atoms with Gasteiger partial charge >= 0.3 is 5.97 Å². The molecule has 20 heavy (non-hydrogen) atoms. The molecule has 0 bridgehead atoms. The average molecular weight is 318 g/mol. The van der Waals surface area contributed by atoms with E-state index in [4.69, 9.17) is 21.1 Å². The van der Waals surface area contributed by atoms with Crippen molar-refractivity contribution in [2.75, 3.05) is 26.8 Å². The van der Waals surface area contributed by atoms with Crippen molar-refractivity contribution in [3.8, 4) is 0 Å². The van der Waals surface area contributed by atoms with Crippen molar-refractivity contribution >= 4 is 28.9 Å². The highest BCUT2D eigenvalue weighted by atomic mass is 35.5. The highest BCUT2D eigenvalue weighted by Crippen LogP contribution is 2.23. The van der Waals surface area contributed by atoms with Gasteiger partial charge in [0.2, 0.25) is 0 Å². The van der Waals surface area contributed by atoms with Crippen LogP contribution < -0.4 is 0 Å². The second kappa shape index (κ2) is 7.98. The van der Waals surface area contributed by atoms with Crippen LogP contribution in [0.1, 0.15) is 24.1 Å². The number of nitrogens with zero attached hydrogens (tertiary/aromatic N) is 1. The maximum absolute atomic E-state index is 11.3. The van der Waals surface area contributed by atoms with E-state index in [0.29, 0.717) is 13.0 Å². The first-order valence-corrected chi connectivity index (χ1v) is 8.02. The van der Waals surface area contributed by atoms with Crippen LogP contribution in [0.5, 0.6) is 0 Å². The Morgan fingerprint density at radius 2 is 2.45 bits per heavy atom. The first kappa shape index (κ1) is 15.8. The largest absolute Gasteiger partial charge is 0.469 e. The van der Waals surface area contributed by atoms with Gasteiger partial charge in [-0.3, -0.25) is 9.69 Å². The van der Waals surface area contributed by atoms with Crippen LogP contribution in [-0.2, 0) is 20.8 Å². The van der Waals surface area contributed by atoms with E-state index in [1.54, 1.807) is 11.3 Å². The molecule has 1 unspecified atom stereocenters. The molecule has 112 valence electrons. The quantitative estimate of drug-likeness (QED) is 0.725. The Kier molecular flexibility index (Phi) is 6.29. The van der Waals surface area contributed by atoms with E-state index in [1.165, 1.54) is 12.0 Å². The van der Waals surface area contributed by atoms with E-state index in [2.05, 4.69) is 4.90 Å². The van der Waals surface area contributed by atoms with Crippen molar-refractivity contribution in [2.45, 2.75) is 31.9 Å². The molecular weight excluding hydrogens is 298 g/mol. The van der Waals surface area contributed by atoms with Crippen molar-refractivity contribution in [1.82, 2.24) is 4.90 Å². The standard InChI is InChI=1S/C14H20ClNO3S/c1-18-14(17)6-7-16(9-11-3-2-8-19-11)10-12-4-5-13(15)20-12/h4-5,11H,2-3,6-10H2,1H3. The van der Waals surface area contributed by atoms with Crippen LogP contribution in [0, 0.1) is 0 Å². The van der Waals surface area contributed by atoms with Gasteiger partial charge in [0.25, 0.3) is 0 Å². The summed E-state index contributed by atoms with van der Waals surface area (Å²) >= 11 is 7.55. The summed E-state index contributed by atoms with van der Waals surface area (Å²) in [5.74, 6) is -0.174. The lowest BCUT2D eigenvalue weighted by Gasteiger charge is -2.24. The van der Waals surface area contributed by atoms with Crippen LogP contribution in [0.3, 0.4) is 0 Å². The van der Waals surface area contributed by atoms with Crippen molar-refractivity contribution < 1.29 is 14.3 Å². The summed E-state index contributed by atoms with van der Waals surface area (Å²) < 4.78 is 11.2. The molecule has 0 radical (unpaired) electrons. The van der Waals surface area contributed by atoms with Crippen LogP contribution >= 0.6 is 22.9 Å². The molecule has 4 nitrogen and oxygen atoms in total. The molecule has 1 fully saturated rings. The molecule has 0 amide bonds. The third-order valence-corrected chi connectivity index (χ3v) is 4.57. The van der Waals surface area contributed by atoms with Crippen LogP contribution in [0.2, 0.25) is 4.34 Å². The van der Waals surface area contributed by atoms with Crippen LogP contribution in [0.15, 0.2) is 12.1 Å². The van der Waals surface area contributed by atoms with E-state index < -0.39 is 0 Å². The van der Waals surface area contributed by atoms with Gasteiger partial charge in [-0.2, -0.15) is 0 Å². The van der Waals surface area contributed by atoms with Gasteiger partial charge in [0.1, 0.15) is 0 Å². The van der Waals surface area contributed by atoms with Crippen molar-refractivity contribution in [2.24, 2.45) is 0 Å². The summed E-state index contributed by atoms with van der Waals surface area (Å²) in [6.07, 6.45) is 2.91. The van der Waals surface area contributed by atoms with Gasteiger partial charge < -0.3 is 9.47 Å². The molecular formula is C14H20ClNO3S. The third kappa shape index (κ3) is 5.05. The average Bonchev–Trinajstić information content (AvgIpc) is 3.07. The molecule has 1 aliphatic heterocycles. The van der Waals surface area contributed by atoms with Gasteiger partial charge in [-0.1, -0.05) is 11.6 Å². The van der Waals surface area contributed by atoms with Gasteiger partial charge in [0.05, 0.1) is 24.0 Å². The minimum atomic E-state index is -0.174. The summed E-state index contributed by atoms with van der Waals surface area (Å²) in [5.41, 5.74) is 0. The topological polar surface area (TPSA) is 38.8 Å². The van der Waals surface area contributed by atoms with Crippen molar-refractivity contribution in [3.63, 3.8) is 0 Å². The molecule has 1 aromatic rings. The molecule has 1 aliphatic rings. The van der Waals surface area contributed by atoms with E-state index in [9.17, 15) is 4.79 Å². The fraction of sp³-hybridized carbons (Fsp3) is 0.643. The van der Waals surface area contributed by atoms with Crippen LogP contribution in [0.25, 0.3) is 0 Å². The van der Waals surface area contributed by atoms with Gasteiger partial charge in [0.15, 0.2) is 0 Å². The lowest BCUT2D eigenvalue weighted by molar-refractivity contribution is -0.141. The fourth-order valence-electron chi connectivity index (χ4n) is 2.32. The molecule has 0 aromatic carbocycles. The molecule has 0 N–H and O–H groups in total. The Morgan fingerprint density at radius 1 is 1.60 bits per heavy atom. The number of hydrogen-bond donors (Lipinski definition) is 0. The van der Waals surface area contributed by atoms with E-state index >= 15 is 0 Å². The summed E-state index contributed by atoms with van der Waals surface area (Å²) in [4.78, 5) is 14.8. The van der Waals surface area contributed by atoms with Crippen LogP contribution in [0.4, 0.5) is 0 Å². The van der Waals surface area contributed by atoms with E-state index in [1.807, 2.05) is 12.1 Å². The molecule has 2 heterocycles. The second-order valence-corrected chi connectivity index (χ2v) is 6.70. The Morgan fingerprint density at radius 3 is 3.05 bits per heavy atom. The number of rotatable bonds is 7. The normalized spacial score (nSPS) is 18.6. The SMILES string of the molecule is COC(=O)CCN(Cc1ccc(Cl)s1)CC1CCCO1. The molecule has 0 saturated carbocycles. The zero-order valence-electron chi connectivity index (χ0n) is 11.6. The van der Waals surface area contributed by atoms with Gasteiger partial charge in [0, 0.05) is 31.1 Å². The number of thiophene rings is 1. The number of carbonyl (C=O) groups is 1. The van der Waals surface area contributed by atoms with Gasteiger partial charge in [-0.15, -0.1) is 11.3 Å².